The Morgan fingerprint density at radius 3 is 2.66 bits per heavy atom. The summed E-state index contributed by atoms with van der Waals surface area (Å²) >= 11 is 0. The molecule has 1 atom stereocenters. The Hall–Kier alpha value is -3.93. The molecule has 6 heteroatoms. The van der Waals surface area contributed by atoms with Crippen molar-refractivity contribution in [3.63, 3.8) is 0 Å². The molecular weight excluding hydrogens is 400 g/mol. The number of aromatic amines is 1. The molecule has 1 unspecified atom stereocenters. The number of carbonyl (C=O) groups excluding carboxylic acids is 1. The fraction of sp³-hybridized carbons (Fsp3) is 0.192. The number of aromatic nitrogens is 3. The second kappa shape index (κ2) is 9.47. The maximum absolute atomic E-state index is 13.0. The van der Waals surface area contributed by atoms with Crippen molar-refractivity contribution in [2.75, 3.05) is 0 Å². The number of pyridine rings is 1. The number of rotatable bonds is 7. The van der Waals surface area contributed by atoms with Gasteiger partial charge in [-0.3, -0.25) is 9.59 Å². The van der Waals surface area contributed by atoms with Gasteiger partial charge in [0.25, 0.3) is 11.5 Å². The van der Waals surface area contributed by atoms with Gasteiger partial charge in [0.05, 0.1) is 24.5 Å². The number of nitrogens with zero attached hydrogens (tertiary/aromatic N) is 2. The Morgan fingerprint density at radius 1 is 1.09 bits per heavy atom. The predicted octanol–water partition coefficient (Wildman–Crippen LogP) is 4.48. The maximum atomic E-state index is 13.0. The average Bonchev–Trinajstić information content (AvgIpc) is 3.29. The van der Waals surface area contributed by atoms with Crippen LogP contribution >= 0.6 is 0 Å². The van der Waals surface area contributed by atoms with Crippen LogP contribution in [-0.4, -0.2) is 20.4 Å². The van der Waals surface area contributed by atoms with Crippen molar-refractivity contribution >= 4 is 5.91 Å². The van der Waals surface area contributed by atoms with Gasteiger partial charge in [-0.1, -0.05) is 67.1 Å². The maximum Gasteiger partial charge on any atom is 0.263 e. The van der Waals surface area contributed by atoms with E-state index in [1.54, 1.807) is 29.1 Å². The van der Waals surface area contributed by atoms with E-state index in [0.29, 0.717) is 18.8 Å². The fourth-order valence-electron chi connectivity index (χ4n) is 3.72. The van der Waals surface area contributed by atoms with Crippen LogP contribution in [0, 0.1) is 6.92 Å². The molecule has 4 aromatic rings. The van der Waals surface area contributed by atoms with Crippen LogP contribution in [0.3, 0.4) is 0 Å². The lowest BCUT2D eigenvalue weighted by atomic mass is 10.1. The van der Waals surface area contributed by atoms with E-state index in [2.05, 4.69) is 15.3 Å². The first-order valence-electron chi connectivity index (χ1n) is 10.7. The Morgan fingerprint density at radius 2 is 1.91 bits per heavy atom. The minimum absolute atomic E-state index is 0.119. The Balaban J connectivity index is 1.53. The highest BCUT2D eigenvalue weighted by atomic mass is 16.2. The highest BCUT2D eigenvalue weighted by Crippen LogP contribution is 2.20. The van der Waals surface area contributed by atoms with Crippen LogP contribution in [0.5, 0.6) is 0 Å². The van der Waals surface area contributed by atoms with Crippen LogP contribution in [0.2, 0.25) is 0 Å². The first-order chi connectivity index (χ1) is 15.5. The zero-order valence-corrected chi connectivity index (χ0v) is 18.2. The fourth-order valence-corrected chi connectivity index (χ4v) is 3.72. The van der Waals surface area contributed by atoms with Gasteiger partial charge in [0, 0.05) is 6.20 Å². The molecule has 0 saturated carbocycles. The summed E-state index contributed by atoms with van der Waals surface area (Å²) in [5, 5.41) is 2.96. The highest BCUT2D eigenvalue weighted by Gasteiger charge is 2.20. The van der Waals surface area contributed by atoms with Crippen molar-refractivity contribution in [2.45, 2.75) is 32.9 Å². The molecule has 0 aliphatic heterocycles. The largest absolute Gasteiger partial charge is 0.342 e. The van der Waals surface area contributed by atoms with Gasteiger partial charge in [-0.15, -0.1) is 0 Å². The van der Waals surface area contributed by atoms with Crippen molar-refractivity contribution in [3.05, 3.63) is 112 Å². The van der Waals surface area contributed by atoms with Crippen LogP contribution in [-0.2, 0) is 6.54 Å². The summed E-state index contributed by atoms with van der Waals surface area (Å²) in [7, 11) is 0. The quantitative estimate of drug-likeness (QED) is 0.457. The zero-order valence-electron chi connectivity index (χ0n) is 18.2. The second-order valence-electron chi connectivity index (χ2n) is 7.83. The van der Waals surface area contributed by atoms with Crippen LogP contribution in [0.15, 0.2) is 83.9 Å². The minimum Gasteiger partial charge on any atom is -0.342 e. The van der Waals surface area contributed by atoms with E-state index in [-0.39, 0.29) is 17.2 Å². The molecule has 162 valence electrons. The zero-order chi connectivity index (χ0) is 22.5. The van der Waals surface area contributed by atoms with Gasteiger partial charge in [0.1, 0.15) is 11.4 Å². The van der Waals surface area contributed by atoms with Gasteiger partial charge in [0.15, 0.2) is 0 Å². The van der Waals surface area contributed by atoms with Crippen molar-refractivity contribution in [2.24, 2.45) is 0 Å². The summed E-state index contributed by atoms with van der Waals surface area (Å²) in [4.78, 5) is 33.7. The third-order valence-electron chi connectivity index (χ3n) is 5.42. The molecule has 2 N–H and O–H groups in total. The third kappa shape index (κ3) is 4.70. The number of nitrogens with one attached hydrogen (secondary N) is 2. The molecule has 0 radical (unpaired) electrons. The molecule has 2 heterocycles. The van der Waals surface area contributed by atoms with Crippen LogP contribution in [0.25, 0.3) is 11.3 Å². The molecule has 2 aromatic carbocycles. The molecule has 0 saturated heterocycles. The summed E-state index contributed by atoms with van der Waals surface area (Å²) in [6.45, 7) is 4.40. The molecule has 2 aromatic heterocycles. The lowest BCUT2D eigenvalue weighted by molar-refractivity contribution is 0.0931. The number of H-pyrrole nitrogens is 1. The van der Waals surface area contributed by atoms with Crippen molar-refractivity contribution < 1.29 is 4.79 Å². The van der Waals surface area contributed by atoms with Crippen LogP contribution in [0.1, 0.15) is 46.7 Å². The number of imidazole rings is 1. The van der Waals surface area contributed by atoms with Gasteiger partial charge in [-0.25, -0.2) is 4.98 Å². The summed E-state index contributed by atoms with van der Waals surface area (Å²) in [5.74, 6) is 0.258. The van der Waals surface area contributed by atoms with Crippen LogP contribution < -0.4 is 10.9 Å². The van der Waals surface area contributed by atoms with E-state index in [4.69, 9.17) is 0 Å². The van der Waals surface area contributed by atoms with E-state index in [0.717, 1.165) is 22.4 Å². The van der Waals surface area contributed by atoms with E-state index in [1.807, 2.05) is 68.4 Å². The smallest absolute Gasteiger partial charge is 0.263 e. The molecule has 0 spiro atoms. The van der Waals surface area contributed by atoms with Crippen molar-refractivity contribution in [1.29, 1.82) is 0 Å². The lowest BCUT2D eigenvalue weighted by Gasteiger charge is -2.15. The number of amides is 1. The molecule has 0 bridgehead atoms. The normalized spacial score (nSPS) is 11.8. The molecule has 6 nitrogen and oxygen atoms in total. The van der Waals surface area contributed by atoms with Crippen molar-refractivity contribution in [3.8, 4) is 11.3 Å². The lowest BCUT2D eigenvalue weighted by Crippen LogP contribution is -2.35. The van der Waals surface area contributed by atoms with E-state index < -0.39 is 5.91 Å². The van der Waals surface area contributed by atoms with Gasteiger partial charge in [-0.05, 0) is 36.6 Å². The minimum atomic E-state index is -0.405. The summed E-state index contributed by atoms with van der Waals surface area (Å²) in [6, 6.07) is 20.8. The Bertz CT molecular complexity index is 1270. The third-order valence-corrected chi connectivity index (χ3v) is 5.42. The molecule has 0 aliphatic rings. The van der Waals surface area contributed by atoms with E-state index >= 15 is 0 Å². The van der Waals surface area contributed by atoms with E-state index in [9.17, 15) is 9.59 Å². The van der Waals surface area contributed by atoms with Gasteiger partial charge >= 0.3 is 0 Å². The van der Waals surface area contributed by atoms with Crippen LogP contribution in [0.4, 0.5) is 0 Å². The second-order valence-corrected chi connectivity index (χ2v) is 7.83. The van der Waals surface area contributed by atoms with Gasteiger partial charge in [-0.2, -0.15) is 0 Å². The van der Waals surface area contributed by atoms with Gasteiger partial charge in [0.2, 0.25) is 0 Å². The summed E-state index contributed by atoms with van der Waals surface area (Å²) in [5.41, 5.74) is 3.85. The Labute approximate surface area is 187 Å². The number of benzene rings is 2. The number of carbonyl (C=O) groups is 1. The molecular formula is C26H26N4O2. The highest BCUT2D eigenvalue weighted by molar-refractivity contribution is 5.94. The average molecular weight is 427 g/mol. The Kier molecular flexibility index (Phi) is 6.31. The molecule has 0 fully saturated rings. The number of hydrogen-bond donors (Lipinski definition) is 2. The molecule has 1 amide bonds. The monoisotopic (exact) mass is 426 g/mol. The SMILES string of the molecule is CCC(NC(=O)c1cccn(Cc2cccc(C)c2)c1=O)c1ncc(-c2ccccc2)[nH]1. The first kappa shape index (κ1) is 21.3. The van der Waals surface area contributed by atoms with Gasteiger partial charge < -0.3 is 14.9 Å². The predicted molar refractivity (Wildman–Crippen MR) is 126 cm³/mol. The first-order valence-corrected chi connectivity index (χ1v) is 10.7. The summed E-state index contributed by atoms with van der Waals surface area (Å²) < 4.78 is 1.56. The summed E-state index contributed by atoms with van der Waals surface area (Å²) in [6.07, 6.45) is 4.10. The number of aryl methyl sites for hydroxylation is 1. The van der Waals surface area contributed by atoms with E-state index in [1.165, 1.54) is 0 Å². The standard InChI is InChI=1S/C26H26N4O2/c1-3-22(24-27-16-23(28-24)20-11-5-4-6-12-20)29-25(31)21-13-8-14-30(26(21)32)17-19-10-7-9-18(2)15-19/h4-16,22H,3,17H2,1-2H3,(H,27,28)(H,29,31). The number of hydrogen-bond acceptors (Lipinski definition) is 3. The molecule has 0 aliphatic carbocycles. The molecule has 32 heavy (non-hydrogen) atoms. The topological polar surface area (TPSA) is 79.8 Å². The van der Waals surface area contributed by atoms with Crippen molar-refractivity contribution in [1.82, 2.24) is 19.9 Å². The molecule has 4 rings (SSSR count).